The third-order valence-electron chi connectivity index (χ3n) is 4.23. The predicted molar refractivity (Wildman–Crippen MR) is 106 cm³/mol. The third kappa shape index (κ3) is 4.20. The second-order valence-corrected chi connectivity index (χ2v) is 7.35. The molecule has 3 rings (SSSR count). The van der Waals surface area contributed by atoms with Crippen LogP contribution in [0.2, 0.25) is 0 Å². The molecular weight excluding hydrogens is 364 g/mol. The summed E-state index contributed by atoms with van der Waals surface area (Å²) in [4.78, 5) is 40.4. The molecule has 0 aliphatic carbocycles. The van der Waals surface area contributed by atoms with Crippen LogP contribution in [-0.2, 0) is 9.59 Å². The fourth-order valence-corrected chi connectivity index (χ4v) is 3.94. The minimum atomic E-state index is -0.768. The van der Waals surface area contributed by atoms with E-state index in [4.69, 9.17) is 0 Å². The summed E-state index contributed by atoms with van der Waals surface area (Å²) in [6.45, 7) is 1.82. The molecular formula is C20H20N2O4S. The van der Waals surface area contributed by atoms with Gasteiger partial charge in [0.25, 0.3) is 5.24 Å². The summed E-state index contributed by atoms with van der Waals surface area (Å²) in [7, 11) is 0. The number of anilines is 2. The van der Waals surface area contributed by atoms with Crippen molar-refractivity contribution in [3.8, 4) is 0 Å². The quantitative estimate of drug-likeness (QED) is 0.828. The van der Waals surface area contributed by atoms with Gasteiger partial charge in [0.2, 0.25) is 11.8 Å². The number of thioether (sulfide) groups is 1. The van der Waals surface area contributed by atoms with Gasteiger partial charge in [0, 0.05) is 18.7 Å². The Balaban J connectivity index is 1.76. The lowest BCUT2D eigenvalue weighted by Gasteiger charge is -2.23. The van der Waals surface area contributed by atoms with Crippen molar-refractivity contribution in [2.24, 2.45) is 0 Å². The Morgan fingerprint density at radius 2 is 1.89 bits per heavy atom. The van der Waals surface area contributed by atoms with Gasteiger partial charge in [-0.05, 0) is 48.5 Å². The molecule has 1 saturated heterocycles. The number of aliphatic hydroxyl groups is 1. The Kier molecular flexibility index (Phi) is 5.93. The Morgan fingerprint density at radius 3 is 2.56 bits per heavy atom. The zero-order valence-corrected chi connectivity index (χ0v) is 15.7. The van der Waals surface area contributed by atoms with Gasteiger partial charge in [-0.25, -0.2) is 4.90 Å². The minimum absolute atomic E-state index is 0.105. The fraction of sp³-hybridized carbons (Fsp3) is 0.250. The second kappa shape index (κ2) is 8.37. The van der Waals surface area contributed by atoms with Gasteiger partial charge in [-0.1, -0.05) is 30.3 Å². The predicted octanol–water partition coefficient (Wildman–Crippen LogP) is 2.98. The molecule has 0 radical (unpaired) electrons. The number of imide groups is 1. The van der Waals surface area contributed by atoms with Gasteiger partial charge in [-0.2, -0.15) is 0 Å². The Labute approximate surface area is 161 Å². The lowest BCUT2D eigenvalue weighted by molar-refractivity contribution is -0.122. The number of carbonyl (C=O) groups is 3. The number of aryl methyl sites for hydroxylation is 1. The van der Waals surface area contributed by atoms with Crippen LogP contribution in [-0.4, -0.2) is 40.6 Å². The summed E-state index contributed by atoms with van der Waals surface area (Å²) in [6.07, 6.45) is -0.105. The average molecular weight is 384 g/mol. The highest BCUT2D eigenvalue weighted by Gasteiger charge is 2.42. The minimum Gasteiger partial charge on any atom is -0.395 e. The first-order valence-electron chi connectivity index (χ1n) is 8.59. The molecule has 1 heterocycles. The molecule has 1 fully saturated rings. The van der Waals surface area contributed by atoms with Gasteiger partial charge < -0.3 is 10.0 Å². The van der Waals surface area contributed by atoms with Crippen molar-refractivity contribution < 1.29 is 19.5 Å². The number of carbonyl (C=O) groups excluding carboxylic acids is 3. The largest absolute Gasteiger partial charge is 0.395 e. The number of para-hydroxylation sites is 1. The molecule has 3 amide bonds. The highest BCUT2D eigenvalue weighted by molar-refractivity contribution is 8.15. The number of aliphatic hydroxyl groups excluding tert-OH is 1. The van der Waals surface area contributed by atoms with Crippen LogP contribution < -0.4 is 9.80 Å². The molecule has 1 unspecified atom stereocenters. The highest BCUT2D eigenvalue weighted by Crippen LogP contribution is 2.34. The van der Waals surface area contributed by atoms with E-state index in [1.165, 1.54) is 4.90 Å². The summed E-state index contributed by atoms with van der Waals surface area (Å²) < 4.78 is 0. The number of nitrogens with zero attached hydrogens (tertiary/aromatic N) is 2. The molecule has 6 nitrogen and oxygen atoms in total. The van der Waals surface area contributed by atoms with Gasteiger partial charge in [0.15, 0.2) is 0 Å². The normalized spacial score (nSPS) is 16.7. The van der Waals surface area contributed by atoms with Crippen molar-refractivity contribution in [2.45, 2.75) is 18.6 Å². The molecule has 0 saturated carbocycles. The van der Waals surface area contributed by atoms with Crippen LogP contribution in [0.25, 0.3) is 0 Å². The Hall–Kier alpha value is -2.64. The van der Waals surface area contributed by atoms with Crippen molar-refractivity contribution in [2.75, 3.05) is 23.0 Å². The molecule has 1 aliphatic rings. The van der Waals surface area contributed by atoms with Crippen LogP contribution in [0, 0.1) is 6.92 Å². The van der Waals surface area contributed by atoms with E-state index in [0.717, 1.165) is 22.2 Å². The Morgan fingerprint density at radius 1 is 1.15 bits per heavy atom. The van der Waals surface area contributed by atoms with Crippen molar-refractivity contribution in [3.05, 3.63) is 60.2 Å². The van der Waals surface area contributed by atoms with E-state index in [9.17, 15) is 19.5 Å². The SMILES string of the molecule is Cc1cccc(N2C(=O)SC(CC(=O)N(CCO)c3ccccc3)C2=O)c1. The number of hydrogen-bond acceptors (Lipinski definition) is 5. The maximum Gasteiger partial charge on any atom is 0.293 e. The van der Waals surface area contributed by atoms with E-state index in [0.29, 0.717) is 11.4 Å². The molecule has 1 aliphatic heterocycles. The summed E-state index contributed by atoms with van der Waals surface area (Å²) in [5.41, 5.74) is 2.10. The molecule has 0 aromatic heterocycles. The first kappa shape index (κ1) is 19.1. The molecule has 2 aromatic carbocycles. The van der Waals surface area contributed by atoms with Gasteiger partial charge in [0.05, 0.1) is 12.3 Å². The zero-order valence-electron chi connectivity index (χ0n) is 14.9. The number of hydrogen-bond donors (Lipinski definition) is 1. The van der Waals surface area contributed by atoms with E-state index >= 15 is 0 Å². The lowest BCUT2D eigenvalue weighted by atomic mass is 10.2. The van der Waals surface area contributed by atoms with Crippen molar-refractivity contribution in [1.29, 1.82) is 0 Å². The van der Waals surface area contributed by atoms with E-state index in [1.54, 1.807) is 42.5 Å². The van der Waals surface area contributed by atoms with Crippen LogP contribution >= 0.6 is 11.8 Å². The first-order chi connectivity index (χ1) is 13.0. The summed E-state index contributed by atoms with van der Waals surface area (Å²) >= 11 is 0.869. The third-order valence-corrected chi connectivity index (χ3v) is 5.27. The number of amides is 3. The van der Waals surface area contributed by atoms with Crippen molar-refractivity contribution in [3.63, 3.8) is 0 Å². The first-order valence-corrected chi connectivity index (χ1v) is 9.46. The standard InChI is InChI=1S/C20H20N2O4S/c1-14-6-5-9-16(12-14)22-19(25)17(27-20(22)26)13-18(24)21(10-11-23)15-7-3-2-4-8-15/h2-9,12,17,23H,10-11,13H2,1H3. The smallest absolute Gasteiger partial charge is 0.293 e. The van der Waals surface area contributed by atoms with E-state index < -0.39 is 5.25 Å². The van der Waals surface area contributed by atoms with Gasteiger partial charge in [-0.3, -0.25) is 14.4 Å². The molecule has 7 heteroatoms. The molecule has 0 spiro atoms. The molecule has 1 atom stereocenters. The van der Waals surface area contributed by atoms with Crippen LogP contribution in [0.15, 0.2) is 54.6 Å². The second-order valence-electron chi connectivity index (χ2n) is 6.19. The van der Waals surface area contributed by atoms with Crippen molar-refractivity contribution in [1.82, 2.24) is 0 Å². The van der Waals surface area contributed by atoms with Gasteiger partial charge in [0.1, 0.15) is 5.25 Å². The van der Waals surface area contributed by atoms with Crippen molar-refractivity contribution >= 4 is 40.2 Å². The van der Waals surface area contributed by atoms with Crippen LogP contribution in [0.4, 0.5) is 16.2 Å². The topological polar surface area (TPSA) is 77.9 Å². The van der Waals surface area contributed by atoms with Crippen LogP contribution in [0.1, 0.15) is 12.0 Å². The number of benzene rings is 2. The van der Waals surface area contributed by atoms with Crippen LogP contribution in [0.5, 0.6) is 0 Å². The van der Waals surface area contributed by atoms with Crippen LogP contribution in [0.3, 0.4) is 0 Å². The number of rotatable bonds is 6. The van der Waals surface area contributed by atoms with E-state index in [-0.39, 0.29) is 36.6 Å². The molecule has 0 bridgehead atoms. The monoisotopic (exact) mass is 384 g/mol. The summed E-state index contributed by atoms with van der Waals surface area (Å²) in [5.74, 6) is -0.694. The zero-order chi connectivity index (χ0) is 19.4. The molecule has 2 aromatic rings. The fourth-order valence-electron chi connectivity index (χ4n) is 2.96. The maximum absolute atomic E-state index is 12.8. The maximum atomic E-state index is 12.8. The average Bonchev–Trinajstić information content (AvgIpc) is 2.93. The van der Waals surface area contributed by atoms with E-state index in [1.807, 2.05) is 19.1 Å². The summed E-state index contributed by atoms with van der Waals surface area (Å²) in [5, 5.41) is 8.14. The van der Waals surface area contributed by atoms with Gasteiger partial charge >= 0.3 is 0 Å². The summed E-state index contributed by atoms with van der Waals surface area (Å²) in [6, 6.07) is 16.1. The highest BCUT2D eigenvalue weighted by atomic mass is 32.2. The molecule has 140 valence electrons. The lowest BCUT2D eigenvalue weighted by Crippen LogP contribution is -2.38. The van der Waals surface area contributed by atoms with Gasteiger partial charge in [-0.15, -0.1) is 0 Å². The Bertz CT molecular complexity index is 856. The molecule has 27 heavy (non-hydrogen) atoms. The van der Waals surface area contributed by atoms with E-state index in [2.05, 4.69) is 0 Å². The molecule has 1 N–H and O–H groups in total.